The molecule has 0 unspecified atom stereocenters. The largest absolute Gasteiger partial charge is 0.303 e. The molecule has 0 aromatic carbocycles. The lowest BCUT2D eigenvalue weighted by molar-refractivity contribution is -0.112. The van der Waals surface area contributed by atoms with Gasteiger partial charge in [-0.05, 0) is 30.6 Å². The second-order valence-corrected chi connectivity index (χ2v) is 4.03. The number of carbonyl (C=O) groups is 1. The van der Waals surface area contributed by atoms with Crippen LogP contribution in [0.2, 0.25) is 0 Å². The highest BCUT2D eigenvalue weighted by Crippen LogP contribution is 2.40. The van der Waals surface area contributed by atoms with E-state index in [2.05, 4.69) is 13.5 Å². The van der Waals surface area contributed by atoms with Gasteiger partial charge in [-0.1, -0.05) is 19.9 Å². The number of allylic oxidation sites excluding steroid dienone is 1. The van der Waals surface area contributed by atoms with Gasteiger partial charge in [0.1, 0.15) is 6.29 Å². The molecule has 1 fully saturated rings. The summed E-state index contributed by atoms with van der Waals surface area (Å²) in [5, 5.41) is 0. The van der Waals surface area contributed by atoms with Gasteiger partial charge in [-0.2, -0.15) is 0 Å². The molecule has 1 heteroatoms. The molecule has 4 atom stereocenters. The maximum absolute atomic E-state index is 10.6. The molecule has 1 nitrogen and oxygen atoms in total. The minimum Gasteiger partial charge on any atom is -0.303 e. The Morgan fingerprint density at radius 1 is 1.50 bits per heavy atom. The first-order valence-electron chi connectivity index (χ1n) is 4.78. The lowest BCUT2D eigenvalue weighted by Crippen LogP contribution is -2.18. The zero-order valence-electron chi connectivity index (χ0n) is 7.99. The Bertz CT molecular complexity index is 174. The number of carbonyl (C=O) groups excluding carboxylic acids is 1. The Morgan fingerprint density at radius 3 is 2.67 bits per heavy atom. The van der Waals surface area contributed by atoms with Crippen LogP contribution in [0.25, 0.3) is 0 Å². The number of hydrogen-bond donors (Lipinski definition) is 0. The molecule has 1 aliphatic carbocycles. The van der Waals surface area contributed by atoms with Gasteiger partial charge >= 0.3 is 0 Å². The van der Waals surface area contributed by atoms with Gasteiger partial charge in [0.2, 0.25) is 0 Å². The van der Waals surface area contributed by atoms with E-state index in [1.807, 2.05) is 13.0 Å². The lowest BCUT2D eigenvalue weighted by atomic mass is 9.83. The van der Waals surface area contributed by atoms with Crippen LogP contribution in [0.15, 0.2) is 12.7 Å². The van der Waals surface area contributed by atoms with Crippen molar-refractivity contribution < 1.29 is 4.79 Å². The average Bonchev–Trinajstić information content (AvgIpc) is 2.45. The van der Waals surface area contributed by atoms with E-state index in [0.717, 1.165) is 12.2 Å². The molecule has 0 radical (unpaired) electrons. The second kappa shape index (κ2) is 3.88. The van der Waals surface area contributed by atoms with Crippen molar-refractivity contribution in [1.29, 1.82) is 0 Å². The molecule has 0 N–H and O–H groups in total. The monoisotopic (exact) mass is 166 g/mol. The van der Waals surface area contributed by atoms with Gasteiger partial charge in [0.25, 0.3) is 0 Å². The molecule has 0 aromatic heterocycles. The molecule has 0 aliphatic heterocycles. The molecule has 0 amide bonds. The smallest absolute Gasteiger partial charge is 0.123 e. The van der Waals surface area contributed by atoms with Crippen molar-refractivity contribution in [2.24, 2.45) is 23.7 Å². The van der Waals surface area contributed by atoms with Gasteiger partial charge in [-0.3, -0.25) is 0 Å². The zero-order chi connectivity index (χ0) is 9.14. The Kier molecular flexibility index (Phi) is 3.07. The molecule has 68 valence electrons. The first-order valence-corrected chi connectivity index (χ1v) is 4.78. The summed E-state index contributed by atoms with van der Waals surface area (Å²) in [6.45, 7) is 8.12. The summed E-state index contributed by atoms with van der Waals surface area (Å²) in [6, 6.07) is 0. The maximum Gasteiger partial charge on any atom is 0.123 e. The van der Waals surface area contributed by atoms with E-state index < -0.39 is 0 Å². The van der Waals surface area contributed by atoms with Crippen LogP contribution in [0.4, 0.5) is 0 Å². The van der Waals surface area contributed by atoms with Crippen LogP contribution in [0.3, 0.4) is 0 Å². The third-order valence-electron chi connectivity index (χ3n) is 3.27. The topological polar surface area (TPSA) is 17.1 Å². The van der Waals surface area contributed by atoms with E-state index in [0.29, 0.717) is 11.8 Å². The van der Waals surface area contributed by atoms with E-state index in [9.17, 15) is 4.79 Å². The zero-order valence-corrected chi connectivity index (χ0v) is 7.99. The van der Waals surface area contributed by atoms with Gasteiger partial charge in [-0.15, -0.1) is 6.58 Å². The molecule has 0 aromatic rings. The highest BCUT2D eigenvalue weighted by atomic mass is 16.1. The third kappa shape index (κ3) is 1.60. The highest BCUT2D eigenvalue weighted by molar-refractivity contribution is 5.53. The summed E-state index contributed by atoms with van der Waals surface area (Å²) in [5.74, 6) is 2.04. The number of hydrogen-bond acceptors (Lipinski definition) is 1. The average molecular weight is 166 g/mol. The summed E-state index contributed by atoms with van der Waals surface area (Å²) in [7, 11) is 0. The second-order valence-electron chi connectivity index (χ2n) is 4.03. The first-order chi connectivity index (χ1) is 5.70. The predicted octanol–water partition coefficient (Wildman–Crippen LogP) is 2.67. The Morgan fingerprint density at radius 2 is 2.17 bits per heavy atom. The van der Waals surface area contributed by atoms with Gasteiger partial charge < -0.3 is 4.79 Å². The van der Waals surface area contributed by atoms with E-state index in [1.165, 1.54) is 12.8 Å². The van der Waals surface area contributed by atoms with Crippen molar-refractivity contribution in [2.75, 3.05) is 0 Å². The van der Waals surface area contributed by atoms with Crippen LogP contribution in [-0.2, 0) is 4.79 Å². The molecule has 0 saturated heterocycles. The number of rotatable bonds is 3. The Balaban J connectivity index is 2.65. The van der Waals surface area contributed by atoms with Crippen LogP contribution >= 0.6 is 0 Å². The fourth-order valence-corrected chi connectivity index (χ4v) is 2.38. The fourth-order valence-electron chi connectivity index (χ4n) is 2.38. The normalized spacial score (nSPS) is 37.7. The van der Waals surface area contributed by atoms with E-state index >= 15 is 0 Å². The summed E-state index contributed by atoms with van der Waals surface area (Å²) >= 11 is 0. The van der Waals surface area contributed by atoms with Gasteiger partial charge in [0.15, 0.2) is 0 Å². The van der Waals surface area contributed by atoms with Crippen LogP contribution in [0, 0.1) is 23.7 Å². The summed E-state index contributed by atoms with van der Waals surface area (Å²) < 4.78 is 0. The van der Waals surface area contributed by atoms with Crippen molar-refractivity contribution >= 4 is 6.29 Å². The van der Waals surface area contributed by atoms with E-state index in [-0.39, 0.29) is 5.92 Å². The van der Waals surface area contributed by atoms with Crippen LogP contribution in [0.1, 0.15) is 26.7 Å². The molecular formula is C11H18O. The van der Waals surface area contributed by atoms with Crippen molar-refractivity contribution in [3.05, 3.63) is 12.7 Å². The number of aldehydes is 1. The Hall–Kier alpha value is -0.590. The minimum atomic E-state index is 0.206. The van der Waals surface area contributed by atoms with E-state index in [4.69, 9.17) is 0 Å². The lowest BCUT2D eigenvalue weighted by Gasteiger charge is -2.21. The molecular weight excluding hydrogens is 148 g/mol. The third-order valence-corrected chi connectivity index (χ3v) is 3.27. The van der Waals surface area contributed by atoms with Crippen molar-refractivity contribution in [3.63, 3.8) is 0 Å². The van der Waals surface area contributed by atoms with E-state index in [1.54, 1.807) is 0 Å². The first kappa shape index (κ1) is 9.50. The molecule has 0 heterocycles. The predicted molar refractivity (Wildman–Crippen MR) is 50.8 cm³/mol. The molecule has 1 rings (SSSR count). The highest BCUT2D eigenvalue weighted by Gasteiger charge is 2.34. The molecule has 0 spiro atoms. The van der Waals surface area contributed by atoms with Crippen molar-refractivity contribution in [1.82, 2.24) is 0 Å². The van der Waals surface area contributed by atoms with Crippen molar-refractivity contribution in [3.8, 4) is 0 Å². The minimum absolute atomic E-state index is 0.206. The molecule has 12 heavy (non-hydrogen) atoms. The van der Waals surface area contributed by atoms with Gasteiger partial charge in [0, 0.05) is 5.92 Å². The van der Waals surface area contributed by atoms with Gasteiger partial charge in [0.05, 0.1) is 0 Å². The van der Waals surface area contributed by atoms with Crippen LogP contribution in [0.5, 0.6) is 0 Å². The SMILES string of the molecule is C=C[C@H]1[C@H]([C@@H](C)C=O)CC[C@@H]1C. The fraction of sp³-hybridized carbons (Fsp3) is 0.727. The maximum atomic E-state index is 10.6. The summed E-state index contributed by atoms with van der Waals surface area (Å²) in [4.78, 5) is 10.6. The van der Waals surface area contributed by atoms with Crippen LogP contribution < -0.4 is 0 Å². The molecule has 1 aliphatic rings. The van der Waals surface area contributed by atoms with Crippen LogP contribution in [-0.4, -0.2) is 6.29 Å². The van der Waals surface area contributed by atoms with Gasteiger partial charge in [-0.25, -0.2) is 0 Å². The summed E-state index contributed by atoms with van der Waals surface area (Å²) in [5.41, 5.74) is 0. The Labute approximate surface area is 74.9 Å². The standard InChI is InChI=1S/C11H18O/c1-4-10-8(2)5-6-11(10)9(3)7-12/h4,7-11H,1,5-6H2,2-3H3/t8-,9-,10+,11-/m0/s1. The summed E-state index contributed by atoms with van der Waals surface area (Å²) in [6.07, 6.45) is 5.55. The quantitative estimate of drug-likeness (QED) is 0.465. The molecule has 1 saturated carbocycles. The van der Waals surface area contributed by atoms with Crippen molar-refractivity contribution in [2.45, 2.75) is 26.7 Å². The molecule has 0 bridgehead atoms.